The maximum atomic E-state index is 13.2. The lowest BCUT2D eigenvalue weighted by Gasteiger charge is -2.42. The van der Waals surface area contributed by atoms with Crippen LogP contribution in [0.1, 0.15) is 36.8 Å². The Morgan fingerprint density at radius 1 is 1.22 bits per heavy atom. The molecule has 1 aromatic carbocycles. The Morgan fingerprint density at radius 3 is 2.33 bits per heavy atom. The topological polar surface area (TPSA) is 26.0 Å². The lowest BCUT2D eigenvalue weighted by molar-refractivity contribution is -0.140. The highest BCUT2D eigenvalue weighted by Crippen LogP contribution is 2.47. The first kappa shape index (κ1) is 13.3. The molecule has 2 N–H and O–H groups in total. The van der Waals surface area contributed by atoms with Gasteiger partial charge in [0.2, 0.25) is 0 Å². The van der Waals surface area contributed by atoms with Gasteiger partial charge < -0.3 is 5.73 Å². The molecular formula is C13H15F4N. The van der Waals surface area contributed by atoms with Gasteiger partial charge in [-0.3, -0.25) is 0 Å². The number of rotatable bonds is 3. The summed E-state index contributed by atoms with van der Waals surface area (Å²) in [4.78, 5) is 0. The van der Waals surface area contributed by atoms with Crippen LogP contribution in [-0.4, -0.2) is 6.54 Å². The molecule has 0 atom stereocenters. The van der Waals surface area contributed by atoms with Crippen LogP contribution >= 0.6 is 0 Å². The van der Waals surface area contributed by atoms with Crippen molar-refractivity contribution in [2.75, 3.05) is 6.54 Å². The fraction of sp³-hybridized carbons (Fsp3) is 0.538. The Balaban J connectivity index is 2.40. The Hall–Kier alpha value is -1.10. The molecule has 0 heterocycles. The monoisotopic (exact) mass is 261 g/mol. The zero-order valence-corrected chi connectivity index (χ0v) is 9.86. The normalized spacial score (nSPS) is 18.5. The summed E-state index contributed by atoms with van der Waals surface area (Å²) in [6.45, 7) is 0.429. The van der Waals surface area contributed by atoms with Crippen molar-refractivity contribution in [2.45, 2.75) is 37.3 Å². The van der Waals surface area contributed by atoms with Crippen LogP contribution in [0.5, 0.6) is 0 Å². The summed E-state index contributed by atoms with van der Waals surface area (Å²) in [6, 6.07) is 3.32. The molecule has 18 heavy (non-hydrogen) atoms. The molecule has 0 aromatic heterocycles. The minimum absolute atomic E-state index is 0.275. The Morgan fingerprint density at radius 2 is 1.89 bits per heavy atom. The highest BCUT2D eigenvalue weighted by molar-refractivity contribution is 5.34. The van der Waals surface area contributed by atoms with E-state index in [-0.39, 0.29) is 5.41 Å². The molecule has 1 aliphatic rings. The van der Waals surface area contributed by atoms with Crippen LogP contribution in [-0.2, 0) is 11.6 Å². The second kappa shape index (κ2) is 4.53. The van der Waals surface area contributed by atoms with E-state index in [1.54, 1.807) is 0 Å². The van der Waals surface area contributed by atoms with Gasteiger partial charge in [-0.25, -0.2) is 4.39 Å². The van der Waals surface area contributed by atoms with E-state index in [1.165, 1.54) is 6.07 Å². The average Bonchev–Trinajstić information content (AvgIpc) is 2.23. The second-order valence-corrected chi connectivity index (χ2v) is 4.86. The molecule has 0 radical (unpaired) electrons. The largest absolute Gasteiger partial charge is 0.419 e. The van der Waals surface area contributed by atoms with Crippen molar-refractivity contribution in [3.63, 3.8) is 0 Å². The standard InChI is InChI=1S/C13H15F4N/c14-11-3-2-9(8-10(11)13(15,16)17)12(6-7-18)4-1-5-12/h2-3,8H,1,4-7,18H2. The number of alkyl halides is 3. The summed E-state index contributed by atoms with van der Waals surface area (Å²) in [7, 11) is 0. The SMILES string of the molecule is NCCC1(c2ccc(F)c(C(F)(F)F)c2)CCC1. The van der Waals surface area contributed by atoms with E-state index in [9.17, 15) is 17.6 Å². The number of hydrogen-bond acceptors (Lipinski definition) is 1. The van der Waals surface area contributed by atoms with E-state index in [4.69, 9.17) is 5.73 Å². The van der Waals surface area contributed by atoms with Gasteiger partial charge in [-0.2, -0.15) is 13.2 Å². The van der Waals surface area contributed by atoms with Gasteiger partial charge >= 0.3 is 6.18 Å². The van der Waals surface area contributed by atoms with Crippen molar-refractivity contribution in [2.24, 2.45) is 5.73 Å². The van der Waals surface area contributed by atoms with E-state index in [1.807, 2.05) is 0 Å². The van der Waals surface area contributed by atoms with Gasteiger partial charge in [0, 0.05) is 0 Å². The fourth-order valence-electron chi connectivity index (χ4n) is 2.64. The number of benzene rings is 1. The van der Waals surface area contributed by atoms with E-state index in [0.29, 0.717) is 18.5 Å². The minimum Gasteiger partial charge on any atom is -0.330 e. The molecule has 0 bridgehead atoms. The van der Waals surface area contributed by atoms with Gasteiger partial charge in [0.1, 0.15) is 5.82 Å². The van der Waals surface area contributed by atoms with Gasteiger partial charge in [0.15, 0.2) is 0 Å². The van der Waals surface area contributed by atoms with Crippen molar-refractivity contribution in [3.8, 4) is 0 Å². The molecule has 0 unspecified atom stereocenters. The lowest BCUT2D eigenvalue weighted by Crippen LogP contribution is -2.36. The molecule has 1 saturated carbocycles. The summed E-state index contributed by atoms with van der Waals surface area (Å²) in [5, 5.41) is 0. The molecule has 0 amide bonds. The number of halogens is 4. The smallest absolute Gasteiger partial charge is 0.330 e. The molecule has 1 nitrogen and oxygen atoms in total. The van der Waals surface area contributed by atoms with E-state index in [0.717, 1.165) is 31.4 Å². The molecule has 0 saturated heterocycles. The predicted octanol–water partition coefficient (Wildman–Crippen LogP) is 3.62. The second-order valence-electron chi connectivity index (χ2n) is 4.86. The average molecular weight is 261 g/mol. The van der Waals surface area contributed by atoms with Crippen molar-refractivity contribution in [1.29, 1.82) is 0 Å². The number of hydrogen-bond donors (Lipinski definition) is 1. The summed E-state index contributed by atoms with van der Waals surface area (Å²) in [6.07, 6.45) is -1.36. The quantitative estimate of drug-likeness (QED) is 0.826. The lowest BCUT2D eigenvalue weighted by atomic mass is 9.62. The Bertz CT molecular complexity index is 435. The van der Waals surface area contributed by atoms with Crippen LogP contribution in [0.2, 0.25) is 0 Å². The molecule has 2 rings (SSSR count). The molecule has 1 fully saturated rings. The Labute approximate surface area is 103 Å². The van der Waals surface area contributed by atoms with Gasteiger partial charge in [-0.1, -0.05) is 12.5 Å². The van der Waals surface area contributed by atoms with Gasteiger partial charge in [0.05, 0.1) is 5.56 Å². The maximum absolute atomic E-state index is 13.2. The highest BCUT2D eigenvalue weighted by atomic mass is 19.4. The third kappa shape index (κ3) is 2.23. The highest BCUT2D eigenvalue weighted by Gasteiger charge is 2.40. The summed E-state index contributed by atoms with van der Waals surface area (Å²) in [5.41, 5.74) is 4.63. The van der Waals surface area contributed by atoms with Crippen molar-refractivity contribution in [3.05, 3.63) is 35.1 Å². The third-order valence-corrected chi connectivity index (χ3v) is 3.82. The minimum atomic E-state index is -4.65. The van der Waals surface area contributed by atoms with Crippen molar-refractivity contribution in [1.82, 2.24) is 0 Å². The summed E-state index contributed by atoms with van der Waals surface area (Å²) >= 11 is 0. The molecule has 1 aromatic rings. The van der Waals surface area contributed by atoms with Crippen LogP contribution in [0.3, 0.4) is 0 Å². The third-order valence-electron chi connectivity index (χ3n) is 3.82. The first-order chi connectivity index (χ1) is 8.39. The molecular weight excluding hydrogens is 246 g/mol. The van der Waals surface area contributed by atoms with Crippen molar-refractivity contribution >= 4 is 0 Å². The Kier molecular flexibility index (Phi) is 3.36. The molecule has 1 aliphatic carbocycles. The number of nitrogens with two attached hydrogens (primary N) is 1. The van der Waals surface area contributed by atoms with Crippen LogP contribution in [0, 0.1) is 5.82 Å². The predicted molar refractivity (Wildman–Crippen MR) is 60.6 cm³/mol. The zero-order valence-electron chi connectivity index (χ0n) is 9.86. The molecule has 0 spiro atoms. The van der Waals surface area contributed by atoms with Crippen LogP contribution in [0.25, 0.3) is 0 Å². The van der Waals surface area contributed by atoms with Crippen LogP contribution in [0.4, 0.5) is 17.6 Å². The first-order valence-electron chi connectivity index (χ1n) is 5.96. The molecule has 100 valence electrons. The van der Waals surface area contributed by atoms with Crippen LogP contribution in [0.15, 0.2) is 18.2 Å². The maximum Gasteiger partial charge on any atom is 0.419 e. The molecule has 5 heteroatoms. The van der Waals surface area contributed by atoms with E-state index >= 15 is 0 Å². The zero-order chi connectivity index (χ0) is 13.4. The van der Waals surface area contributed by atoms with Crippen molar-refractivity contribution < 1.29 is 17.6 Å². The van der Waals surface area contributed by atoms with Gasteiger partial charge in [-0.05, 0) is 48.9 Å². The fourth-order valence-corrected chi connectivity index (χ4v) is 2.64. The van der Waals surface area contributed by atoms with Gasteiger partial charge in [-0.15, -0.1) is 0 Å². The summed E-state index contributed by atoms with van der Waals surface area (Å²) < 4.78 is 51.2. The summed E-state index contributed by atoms with van der Waals surface area (Å²) in [5.74, 6) is -1.21. The van der Waals surface area contributed by atoms with Crippen LogP contribution < -0.4 is 5.73 Å². The van der Waals surface area contributed by atoms with Gasteiger partial charge in [0.25, 0.3) is 0 Å². The molecule has 0 aliphatic heterocycles. The van der Waals surface area contributed by atoms with E-state index in [2.05, 4.69) is 0 Å². The van der Waals surface area contributed by atoms with E-state index < -0.39 is 17.6 Å². The first-order valence-corrected chi connectivity index (χ1v) is 5.96.